The van der Waals surface area contributed by atoms with Crippen LogP contribution in [-0.2, 0) is 19.1 Å². The van der Waals surface area contributed by atoms with Crippen molar-refractivity contribution in [3.05, 3.63) is 75.2 Å². The van der Waals surface area contributed by atoms with E-state index in [0.717, 1.165) is 16.2 Å². The highest BCUT2D eigenvalue weighted by molar-refractivity contribution is 9.10. The van der Waals surface area contributed by atoms with Crippen LogP contribution in [0.2, 0.25) is 0 Å². The number of benzene rings is 2. The summed E-state index contributed by atoms with van der Waals surface area (Å²) in [6.45, 7) is 0. The van der Waals surface area contributed by atoms with Gasteiger partial charge in [0.05, 0.1) is 29.5 Å². The molecule has 0 fully saturated rings. The summed E-state index contributed by atoms with van der Waals surface area (Å²) in [6, 6.07) is 18.1. The molecule has 0 saturated carbocycles. The van der Waals surface area contributed by atoms with E-state index in [2.05, 4.69) is 32.6 Å². The number of carbonyl (C=O) groups is 3. The van der Waals surface area contributed by atoms with Crippen molar-refractivity contribution in [2.75, 3.05) is 18.2 Å². The number of hydrogen-bond acceptors (Lipinski definition) is 6. The number of hydrogen-bond donors (Lipinski definition) is 2. The molecule has 158 valence electrons. The van der Waals surface area contributed by atoms with Crippen LogP contribution < -0.4 is 10.6 Å². The van der Waals surface area contributed by atoms with Crippen molar-refractivity contribution < 1.29 is 19.1 Å². The van der Waals surface area contributed by atoms with Gasteiger partial charge in [-0.2, -0.15) is 5.26 Å². The number of esters is 1. The molecule has 0 radical (unpaired) electrons. The number of nitrogens with zero attached hydrogens (tertiary/aromatic N) is 1. The predicted molar refractivity (Wildman–Crippen MR) is 121 cm³/mol. The minimum Gasteiger partial charge on any atom is -0.468 e. The maximum Gasteiger partial charge on any atom is 0.319 e. The Labute approximate surface area is 192 Å². The average molecular weight is 500 g/mol. The molecule has 9 heteroatoms. The second-order valence-electron chi connectivity index (χ2n) is 6.58. The Morgan fingerprint density at radius 1 is 1.23 bits per heavy atom. The summed E-state index contributed by atoms with van der Waals surface area (Å²) in [6.07, 6.45) is 0. The van der Waals surface area contributed by atoms with E-state index < -0.39 is 23.7 Å². The fourth-order valence-electron chi connectivity index (χ4n) is 3.24. The number of allylic oxidation sites excluding steroid dienone is 1. The van der Waals surface area contributed by atoms with Crippen molar-refractivity contribution in [2.45, 2.75) is 5.92 Å². The second kappa shape index (κ2) is 10.3. The summed E-state index contributed by atoms with van der Waals surface area (Å²) in [5.41, 5.74) is 1.46. The van der Waals surface area contributed by atoms with Gasteiger partial charge in [0.2, 0.25) is 11.8 Å². The van der Waals surface area contributed by atoms with Gasteiger partial charge in [0.25, 0.3) is 0 Å². The quantitative estimate of drug-likeness (QED) is 0.464. The number of thioether (sulfide) groups is 1. The Morgan fingerprint density at radius 3 is 2.61 bits per heavy atom. The van der Waals surface area contributed by atoms with Crippen LogP contribution in [0.25, 0.3) is 0 Å². The Bertz CT molecular complexity index is 1080. The first kappa shape index (κ1) is 22.6. The van der Waals surface area contributed by atoms with E-state index in [0.29, 0.717) is 11.3 Å². The van der Waals surface area contributed by atoms with Crippen molar-refractivity contribution in [3.8, 4) is 6.07 Å². The van der Waals surface area contributed by atoms with Crippen LogP contribution in [0.5, 0.6) is 0 Å². The van der Waals surface area contributed by atoms with Gasteiger partial charge >= 0.3 is 5.97 Å². The molecule has 3 rings (SSSR count). The molecule has 7 nitrogen and oxygen atoms in total. The normalized spacial score (nSPS) is 18.0. The predicted octanol–water partition coefficient (Wildman–Crippen LogP) is 3.56. The number of rotatable bonds is 6. The summed E-state index contributed by atoms with van der Waals surface area (Å²) >= 11 is 4.42. The lowest BCUT2D eigenvalue weighted by Gasteiger charge is -2.31. The van der Waals surface area contributed by atoms with Gasteiger partial charge in [-0.3, -0.25) is 14.4 Å². The van der Waals surface area contributed by atoms with Gasteiger partial charge in [0.15, 0.2) is 0 Å². The number of para-hydroxylation sites is 1. The molecule has 0 spiro atoms. The van der Waals surface area contributed by atoms with Crippen LogP contribution >= 0.6 is 27.7 Å². The molecule has 0 saturated heterocycles. The monoisotopic (exact) mass is 499 g/mol. The zero-order chi connectivity index (χ0) is 22.4. The van der Waals surface area contributed by atoms with Gasteiger partial charge in [-0.1, -0.05) is 58.0 Å². The molecule has 2 aromatic carbocycles. The largest absolute Gasteiger partial charge is 0.468 e. The van der Waals surface area contributed by atoms with Crippen LogP contribution in [0.3, 0.4) is 0 Å². The number of methoxy groups -OCH3 is 1. The highest BCUT2D eigenvalue weighted by Crippen LogP contribution is 2.40. The van der Waals surface area contributed by atoms with E-state index in [9.17, 15) is 19.6 Å². The molecule has 2 aromatic rings. The van der Waals surface area contributed by atoms with E-state index in [1.807, 2.05) is 6.07 Å². The van der Waals surface area contributed by atoms with Crippen LogP contribution in [0.1, 0.15) is 11.5 Å². The molecule has 1 aliphatic heterocycles. The zero-order valence-electron chi connectivity index (χ0n) is 16.4. The van der Waals surface area contributed by atoms with Crippen molar-refractivity contribution in [3.63, 3.8) is 0 Å². The highest BCUT2D eigenvalue weighted by Gasteiger charge is 2.44. The van der Waals surface area contributed by atoms with Gasteiger partial charge < -0.3 is 15.4 Å². The van der Waals surface area contributed by atoms with Crippen molar-refractivity contribution in [2.24, 2.45) is 5.92 Å². The molecule has 0 unspecified atom stereocenters. The molecular formula is C22H18BrN3O4S. The molecule has 31 heavy (non-hydrogen) atoms. The van der Waals surface area contributed by atoms with Gasteiger partial charge in [-0.15, -0.1) is 0 Å². The Balaban J connectivity index is 1.90. The summed E-state index contributed by atoms with van der Waals surface area (Å²) in [5.74, 6) is -3.67. The first-order valence-corrected chi connectivity index (χ1v) is 11.0. The van der Waals surface area contributed by atoms with Crippen molar-refractivity contribution in [1.82, 2.24) is 5.32 Å². The first-order chi connectivity index (χ1) is 14.9. The van der Waals surface area contributed by atoms with Crippen LogP contribution in [0, 0.1) is 17.2 Å². The third-order valence-electron chi connectivity index (χ3n) is 4.60. The Hall–Kier alpha value is -3.09. The minimum absolute atomic E-state index is 0.0240. The number of ether oxygens (including phenoxy) is 1. The lowest BCUT2D eigenvalue weighted by Crippen LogP contribution is -2.44. The number of nitriles is 1. The van der Waals surface area contributed by atoms with Crippen molar-refractivity contribution in [1.29, 1.82) is 5.26 Å². The second-order valence-corrected chi connectivity index (χ2v) is 8.48. The van der Waals surface area contributed by atoms with Crippen LogP contribution in [0.4, 0.5) is 5.69 Å². The molecular weight excluding hydrogens is 482 g/mol. The minimum atomic E-state index is -1.21. The number of nitrogens with one attached hydrogen (secondary N) is 2. The molecule has 0 aromatic heterocycles. The van der Waals surface area contributed by atoms with Gasteiger partial charge in [-0.25, -0.2) is 0 Å². The average Bonchev–Trinajstić information content (AvgIpc) is 2.77. The molecule has 2 amide bonds. The summed E-state index contributed by atoms with van der Waals surface area (Å²) < 4.78 is 5.56. The lowest BCUT2D eigenvalue weighted by molar-refractivity contribution is -0.150. The van der Waals surface area contributed by atoms with Crippen LogP contribution in [-0.4, -0.2) is 30.6 Å². The zero-order valence-corrected chi connectivity index (χ0v) is 18.8. The topological polar surface area (TPSA) is 108 Å². The fraction of sp³-hybridized carbons (Fsp3) is 0.182. The molecule has 2 N–H and O–H groups in total. The number of amides is 2. The Morgan fingerprint density at radius 2 is 1.97 bits per heavy atom. The third-order valence-corrected chi connectivity index (χ3v) is 6.11. The van der Waals surface area contributed by atoms with E-state index >= 15 is 0 Å². The number of anilines is 1. The van der Waals surface area contributed by atoms with E-state index in [1.54, 1.807) is 48.5 Å². The lowest BCUT2D eigenvalue weighted by atomic mass is 9.78. The SMILES string of the molecule is COC(=O)[C@H]1C(=O)NC(SCC(=O)Nc2ccccc2)=C(C#N)[C@@H]1c1cccc(Br)c1. The third kappa shape index (κ3) is 5.34. The van der Waals surface area contributed by atoms with Gasteiger partial charge in [-0.05, 0) is 29.8 Å². The summed E-state index contributed by atoms with van der Waals surface area (Å²) in [4.78, 5) is 37.5. The summed E-state index contributed by atoms with van der Waals surface area (Å²) in [5, 5.41) is 15.5. The van der Waals surface area contributed by atoms with E-state index in [4.69, 9.17) is 4.74 Å². The van der Waals surface area contributed by atoms with Crippen LogP contribution in [0.15, 0.2) is 69.7 Å². The maximum atomic E-state index is 12.8. The van der Waals surface area contributed by atoms with E-state index in [1.165, 1.54) is 7.11 Å². The number of halogens is 1. The molecule has 1 aliphatic rings. The molecule has 1 heterocycles. The van der Waals surface area contributed by atoms with Crippen molar-refractivity contribution >= 4 is 51.2 Å². The molecule has 2 atom stereocenters. The molecule has 0 aliphatic carbocycles. The van der Waals surface area contributed by atoms with Gasteiger partial charge in [0.1, 0.15) is 5.92 Å². The molecule has 0 bridgehead atoms. The standard InChI is InChI=1S/C22H18BrN3O4S/c1-30-22(29)19-18(13-6-5-7-14(23)10-13)16(11-24)21(26-20(19)28)31-12-17(27)25-15-8-3-2-4-9-15/h2-10,18-19H,12H2,1H3,(H,25,27)(H,26,28)/t18-,19+/m0/s1. The first-order valence-electron chi connectivity index (χ1n) is 9.20. The maximum absolute atomic E-state index is 12.8. The smallest absolute Gasteiger partial charge is 0.319 e. The van der Waals surface area contributed by atoms with E-state index in [-0.39, 0.29) is 22.3 Å². The Kier molecular flexibility index (Phi) is 7.50. The number of carbonyl (C=O) groups excluding carboxylic acids is 3. The summed E-state index contributed by atoms with van der Waals surface area (Å²) in [7, 11) is 1.20. The fourth-order valence-corrected chi connectivity index (χ4v) is 4.50. The van der Waals surface area contributed by atoms with Gasteiger partial charge in [0, 0.05) is 16.1 Å². The highest BCUT2D eigenvalue weighted by atomic mass is 79.9.